The van der Waals surface area contributed by atoms with Crippen molar-refractivity contribution in [1.29, 1.82) is 0 Å². The number of amides is 1. The number of aromatic nitrogens is 1. The van der Waals surface area contributed by atoms with E-state index in [1.54, 1.807) is 0 Å². The molecule has 1 amide bonds. The van der Waals surface area contributed by atoms with E-state index in [0.29, 0.717) is 4.90 Å². The fourth-order valence-electron chi connectivity index (χ4n) is 1.88. The van der Waals surface area contributed by atoms with Gasteiger partial charge in [0.15, 0.2) is 5.43 Å². The number of rotatable bonds is 1. The summed E-state index contributed by atoms with van der Waals surface area (Å²) in [5.74, 6) is -0.807. The van der Waals surface area contributed by atoms with Crippen LogP contribution in [0.4, 0.5) is 13.2 Å². The predicted molar refractivity (Wildman–Crippen MR) is 61.4 cm³/mol. The number of carbonyl (C=O) groups excluding carboxylic acids is 1. The first-order valence-corrected chi connectivity index (χ1v) is 5.57. The lowest BCUT2D eigenvalue weighted by Gasteiger charge is -2.36. The van der Waals surface area contributed by atoms with Gasteiger partial charge in [0.25, 0.3) is 5.91 Å². The quantitative estimate of drug-likeness (QED) is 0.834. The van der Waals surface area contributed by atoms with Crippen LogP contribution in [0.5, 0.6) is 0 Å². The Kier molecular flexibility index (Phi) is 3.03. The van der Waals surface area contributed by atoms with E-state index in [1.165, 1.54) is 23.9 Å². The summed E-state index contributed by atoms with van der Waals surface area (Å²) in [5.41, 5.74) is 2.32. The van der Waals surface area contributed by atoms with Crippen LogP contribution < -0.4 is 10.9 Å². The van der Waals surface area contributed by atoms with Gasteiger partial charge in [-0.25, -0.2) is 0 Å². The van der Waals surface area contributed by atoms with E-state index in [1.807, 2.05) is 0 Å². The van der Waals surface area contributed by atoms with Gasteiger partial charge < -0.3 is 10.3 Å². The summed E-state index contributed by atoms with van der Waals surface area (Å²) in [6.07, 6.45) is -3.18. The summed E-state index contributed by atoms with van der Waals surface area (Å²) in [6, 6.07) is -0.668. The minimum absolute atomic E-state index is 0.0603. The lowest BCUT2D eigenvalue weighted by atomic mass is 10.1. The molecule has 0 bridgehead atoms. The average Bonchev–Trinajstić information content (AvgIpc) is 2.32. The van der Waals surface area contributed by atoms with Gasteiger partial charge in [-0.15, -0.1) is 0 Å². The van der Waals surface area contributed by atoms with Gasteiger partial charge in [-0.3, -0.25) is 14.3 Å². The van der Waals surface area contributed by atoms with Crippen LogP contribution in [0, 0.1) is 6.92 Å². The van der Waals surface area contributed by atoms with E-state index in [4.69, 9.17) is 0 Å². The molecule has 2 rings (SSSR count). The third kappa shape index (κ3) is 2.18. The Bertz CT molecular complexity index is 580. The number of alkyl halides is 3. The molecule has 1 aromatic rings. The molecule has 8 heteroatoms. The zero-order valence-electron chi connectivity index (χ0n) is 10.3. The van der Waals surface area contributed by atoms with Crippen LogP contribution in [-0.4, -0.2) is 34.4 Å². The fraction of sp³-hybridized carbons (Fsp3) is 0.455. The lowest BCUT2D eigenvalue weighted by Crippen LogP contribution is -2.54. The molecule has 104 valence electrons. The van der Waals surface area contributed by atoms with Gasteiger partial charge >= 0.3 is 6.18 Å². The van der Waals surface area contributed by atoms with E-state index < -0.39 is 18.1 Å². The highest BCUT2D eigenvalue weighted by molar-refractivity contribution is 5.95. The molecular formula is C11H12F3N3O2. The zero-order valence-corrected chi connectivity index (χ0v) is 10.3. The van der Waals surface area contributed by atoms with Crippen molar-refractivity contribution in [3.05, 3.63) is 33.7 Å². The maximum absolute atomic E-state index is 12.7. The van der Waals surface area contributed by atoms with Crippen LogP contribution in [0.15, 0.2) is 17.1 Å². The van der Waals surface area contributed by atoms with Crippen LogP contribution in [-0.2, 0) is 0 Å². The van der Waals surface area contributed by atoms with Crippen molar-refractivity contribution in [1.82, 2.24) is 9.58 Å². The molecular weight excluding hydrogens is 263 g/mol. The van der Waals surface area contributed by atoms with Gasteiger partial charge in [-0.05, 0) is 13.8 Å². The molecule has 2 heterocycles. The third-order valence-corrected chi connectivity index (χ3v) is 3.16. The first-order chi connectivity index (χ1) is 8.73. The first-order valence-electron chi connectivity index (χ1n) is 5.57. The summed E-state index contributed by atoms with van der Waals surface area (Å²) in [7, 11) is 0. The predicted octanol–water partition coefficient (Wildman–Crippen LogP) is 1.06. The smallest absolute Gasteiger partial charge is 0.307 e. The molecule has 0 saturated carbocycles. The van der Waals surface area contributed by atoms with Gasteiger partial charge in [0.2, 0.25) is 0 Å². The van der Waals surface area contributed by atoms with Gasteiger partial charge in [-0.1, -0.05) is 0 Å². The Morgan fingerprint density at radius 3 is 2.58 bits per heavy atom. The van der Waals surface area contributed by atoms with Crippen molar-refractivity contribution >= 4 is 5.91 Å². The summed E-state index contributed by atoms with van der Waals surface area (Å²) in [6.45, 7) is 2.05. The van der Waals surface area contributed by atoms with E-state index in [-0.39, 0.29) is 23.4 Å². The number of fused-ring (bicyclic) bond motifs is 1. The Labute approximate surface area is 106 Å². The van der Waals surface area contributed by atoms with Crippen molar-refractivity contribution in [2.45, 2.75) is 26.1 Å². The van der Waals surface area contributed by atoms with Crippen molar-refractivity contribution in [2.24, 2.45) is 0 Å². The van der Waals surface area contributed by atoms with E-state index in [0.717, 1.165) is 6.92 Å². The second kappa shape index (κ2) is 4.29. The second-order valence-corrected chi connectivity index (χ2v) is 4.33. The lowest BCUT2D eigenvalue weighted by molar-refractivity contribution is -0.172. The Morgan fingerprint density at radius 2 is 2.00 bits per heavy atom. The molecule has 1 aliphatic heterocycles. The highest BCUT2D eigenvalue weighted by Crippen LogP contribution is 2.26. The van der Waals surface area contributed by atoms with E-state index in [2.05, 4.69) is 5.43 Å². The number of nitrogens with zero attached hydrogens (tertiary/aromatic N) is 2. The van der Waals surface area contributed by atoms with Crippen LogP contribution in [0.2, 0.25) is 0 Å². The monoisotopic (exact) mass is 275 g/mol. The number of nitrogens with one attached hydrogen (secondary N) is 1. The van der Waals surface area contributed by atoms with E-state index in [9.17, 15) is 22.8 Å². The molecule has 0 spiro atoms. The number of carbonyl (C=O) groups is 1. The SMILES string of the molecule is Cc1c2n(ccc1=O)NCN([C@@H](C)C(F)(F)F)C2=O. The molecule has 5 nitrogen and oxygen atoms in total. The van der Waals surface area contributed by atoms with Gasteiger partial charge in [0.05, 0.1) is 0 Å². The minimum atomic E-state index is -4.51. The van der Waals surface area contributed by atoms with Gasteiger partial charge in [0, 0.05) is 17.8 Å². The Morgan fingerprint density at radius 1 is 1.37 bits per heavy atom. The summed E-state index contributed by atoms with van der Waals surface area (Å²) >= 11 is 0. The van der Waals surface area contributed by atoms with Crippen LogP contribution >= 0.6 is 0 Å². The molecule has 0 fully saturated rings. The maximum Gasteiger partial charge on any atom is 0.408 e. The average molecular weight is 275 g/mol. The van der Waals surface area contributed by atoms with Crippen molar-refractivity contribution in [3.63, 3.8) is 0 Å². The normalized spacial score (nSPS) is 16.9. The van der Waals surface area contributed by atoms with Gasteiger partial charge in [0.1, 0.15) is 18.4 Å². The molecule has 0 unspecified atom stereocenters. The molecule has 1 N–H and O–H groups in total. The largest absolute Gasteiger partial charge is 0.408 e. The Hall–Kier alpha value is -1.99. The number of pyridine rings is 1. The summed E-state index contributed by atoms with van der Waals surface area (Å²) in [5, 5.41) is 0. The molecule has 19 heavy (non-hydrogen) atoms. The second-order valence-electron chi connectivity index (χ2n) is 4.33. The van der Waals surface area contributed by atoms with Crippen molar-refractivity contribution < 1.29 is 18.0 Å². The number of hydrogen-bond acceptors (Lipinski definition) is 3. The molecule has 0 aliphatic carbocycles. The summed E-state index contributed by atoms with van der Waals surface area (Å²) < 4.78 is 39.3. The maximum atomic E-state index is 12.7. The van der Waals surface area contributed by atoms with Crippen molar-refractivity contribution in [3.8, 4) is 0 Å². The standard InChI is InChI=1S/C11H12F3N3O2/c1-6-8(18)3-4-17-9(6)10(19)16(5-15-17)7(2)11(12,13)14/h3-4,7,15H,5H2,1-2H3/t7-/m0/s1. The van der Waals surface area contributed by atoms with Crippen molar-refractivity contribution in [2.75, 3.05) is 12.1 Å². The Balaban J connectivity index is 2.45. The third-order valence-electron chi connectivity index (χ3n) is 3.16. The molecule has 0 saturated heterocycles. The topological polar surface area (TPSA) is 54.3 Å². The van der Waals surface area contributed by atoms with Crippen LogP contribution in [0.1, 0.15) is 23.0 Å². The molecule has 1 aliphatic rings. The van der Waals surface area contributed by atoms with Crippen LogP contribution in [0.25, 0.3) is 0 Å². The molecule has 0 radical (unpaired) electrons. The fourth-order valence-corrected chi connectivity index (χ4v) is 1.88. The highest BCUT2D eigenvalue weighted by atomic mass is 19.4. The highest BCUT2D eigenvalue weighted by Gasteiger charge is 2.44. The van der Waals surface area contributed by atoms with Crippen LogP contribution in [0.3, 0.4) is 0 Å². The zero-order chi connectivity index (χ0) is 14.4. The number of hydrogen-bond donors (Lipinski definition) is 1. The minimum Gasteiger partial charge on any atom is -0.307 e. The van der Waals surface area contributed by atoms with E-state index >= 15 is 0 Å². The number of halogens is 3. The molecule has 1 atom stereocenters. The van der Waals surface area contributed by atoms with Gasteiger partial charge in [-0.2, -0.15) is 13.2 Å². The first kappa shape index (κ1) is 13.4. The molecule has 1 aromatic heterocycles. The summed E-state index contributed by atoms with van der Waals surface area (Å²) in [4.78, 5) is 24.2. The molecule has 0 aromatic carbocycles.